The normalized spacial score (nSPS) is 12.1. The molecule has 0 aliphatic heterocycles. The van der Waals surface area contributed by atoms with E-state index in [2.05, 4.69) is 6.92 Å². The van der Waals surface area contributed by atoms with Gasteiger partial charge in [0.1, 0.15) is 5.56 Å². The molecular formula is C24H28N2O2S. The molecule has 0 fully saturated rings. The molecule has 0 radical (unpaired) electrons. The number of hydrogen-bond acceptors (Lipinski definition) is 3. The van der Waals surface area contributed by atoms with Gasteiger partial charge in [-0.15, -0.1) is 0 Å². The van der Waals surface area contributed by atoms with E-state index in [-0.39, 0.29) is 22.9 Å². The summed E-state index contributed by atoms with van der Waals surface area (Å²) in [6, 6.07) is 17.7. The van der Waals surface area contributed by atoms with Crippen LogP contribution in [0.2, 0.25) is 0 Å². The number of para-hydroxylation sites is 1. The first-order valence-corrected chi connectivity index (χ1v) is 11.2. The second kappa shape index (κ2) is 9.79. The summed E-state index contributed by atoms with van der Waals surface area (Å²) in [6.45, 7) is 4.78. The average Bonchev–Trinajstić information content (AvgIpc) is 2.75. The molecule has 29 heavy (non-hydrogen) atoms. The maximum Gasteiger partial charge on any atom is 0.259 e. The summed E-state index contributed by atoms with van der Waals surface area (Å²) in [4.78, 5) is 28.0. The number of carbonyl (C=O) groups is 1. The predicted molar refractivity (Wildman–Crippen MR) is 123 cm³/mol. The minimum atomic E-state index is -0.212. The molecular weight excluding hydrogens is 380 g/mol. The predicted octanol–water partition coefficient (Wildman–Crippen LogP) is 4.65. The maximum absolute atomic E-state index is 13.2. The molecule has 3 aromatic rings. The minimum Gasteiger partial charge on any atom is -0.342 e. The number of pyridine rings is 1. The molecule has 152 valence electrons. The quantitative estimate of drug-likeness (QED) is 0.510. The highest BCUT2D eigenvalue weighted by molar-refractivity contribution is 7.99. The minimum absolute atomic E-state index is 0.0787. The Bertz CT molecular complexity index is 1030. The van der Waals surface area contributed by atoms with Crippen molar-refractivity contribution < 1.29 is 4.79 Å². The molecule has 1 amide bonds. The topological polar surface area (TPSA) is 42.3 Å². The Morgan fingerprint density at radius 3 is 2.52 bits per heavy atom. The van der Waals surface area contributed by atoms with Crippen molar-refractivity contribution in [3.63, 3.8) is 0 Å². The van der Waals surface area contributed by atoms with Crippen molar-refractivity contribution in [2.24, 2.45) is 0 Å². The molecule has 0 saturated heterocycles. The molecule has 0 spiro atoms. The Balaban J connectivity index is 1.98. The molecule has 0 bridgehead atoms. The fourth-order valence-corrected chi connectivity index (χ4v) is 4.19. The lowest BCUT2D eigenvalue weighted by Gasteiger charge is -2.25. The lowest BCUT2D eigenvalue weighted by atomic mass is 10.1. The number of fused-ring (bicyclic) bond motifs is 1. The zero-order valence-electron chi connectivity index (χ0n) is 17.3. The third kappa shape index (κ3) is 4.91. The molecule has 0 N–H and O–H groups in total. The fourth-order valence-electron chi connectivity index (χ4n) is 3.39. The summed E-state index contributed by atoms with van der Waals surface area (Å²) in [7, 11) is 1.79. The van der Waals surface area contributed by atoms with E-state index in [1.165, 1.54) is 0 Å². The van der Waals surface area contributed by atoms with Crippen LogP contribution in [0.3, 0.4) is 0 Å². The van der Waals surface area contributed by atoms with Crippen LogP contribution in [0.1, 0.15) is 36.2 Å². The van der Waals surface area contributed by atoms with Crippen LogP contribution in [0.15, 0.2) is 65.6 Å². The molecule has 1 atom stereocenters. The number of carbonyl (C=O) groups excluding carboxylic acids is 1. The Morgan fingerprint density at radius 2 is 1.79 bits per heavy atom. The van der Waals surface area contributed by atoms with Crippen molar-refractivity contribution in [3.8, 4) is 0 Å². The number of thioether (sulfide) groups is 1. The zero-order valence-corrected chi connectivity index (χ0v) is 18.1. The summed E-state index contributed by atoms with van der Waals surface area (Å²) in [5, 5.41) is 0.580. The van der Waals surface area contributed by atoms with Crippen LogP contribution in [-0.2, 0) is 6.54 Å². The number of benzene rings is 2. The molecule has 0 aliphatic carbocycles. The highest BCUT2D eigenvalue weighted by Crippen LogP contribution is 2.16. The van der Waals surface area contributed by atoms with Crippen molar-refractivity contribution in [2.75, 3.05) is 18.6 Å². The van der Waals surface area contributed by atoms with Crippen LogP contribution in [0, 0.1) is 0 Å². The third-order valence-corrected chi connectivity index (χ3v) is 6.21. The lowest BCUT2D eigenvalue weighted by molar-refractivity contribution is 0.0739. The van der Waals surface area contributed by atoms with Crippen LogP contribution in [0.25, 0.3) is 10.9 Å². The van der Waals surface area contributed by atoms with Crippen molar-refractivity contribution in [2.45, 2.75) is 32.9 Å². The van der Waals surface area contributed by atoms with Gasteiger partial charge in [-0.2, -0.15) is 11.8 Å². The highest BCUT2D eigenvalue weighted by Gasteiger charge is 2.22. The van der Waals surface area contributed by atoms with Gasteiger partial charge < -0.3 is 9.47 Å². The van der Waals surface area contributed by atoms with Crippen molar-refractivity contribution in [1.82, 2.24) is 9.47 Å². The Labute approximate surface area is 176 Å². The Hall–Kier alpha value is -2.53. The van der Waals surface area contributed by atoms with Crippen LogP contribution < -0.4 is 5.43 Å². The van der Waals surface area contributed by atoms with Crippen LogP contribution >= 0.6 is 11.8 Å². The molecule has 0 aliphatic rings. The highest BCUT2D eigenvalue weighted by atomic mass is 32.2. The molecule has 2 aromatic carbocycles. The zero-order chi connectivity index (χ0) is 20.8. The van der Waals surface area contributed by atoms with E-state index in [9.17, 15) is 9.59 Å². The number of rotatable bonds is 8. The van der Waals surface area contributed by atoms with Gasteiger partial charge in [0, 0.05) is 31.2 Å². The van der Waals surface area contributed by atoms with E-state index in [4.69, 9.17) is 0 Å². The molecule has 5 heteroatoms. The summed E-state index contributed by atoms with van der Waals surface area (Å²) in [6.07, 6.45) is 2.64. The monoisotopic (exact) mass is 408 g/mol. The number of hydrogen-bond donors (Lipinski definition) is 0. The number of nitrogens with zero attached hydrogens (tertiary/aromatic N) is 2. The largest absolute Gasteiger partial charge is 0.342 e. The van der Waals surface area contributed by atoms with Gasteiger partial charge in [-0.1, -0.05) is 49.4 Å². The number of aromatic nitrogens is 1. The van der Waals surface area contributed by atoms with Gasteiger partial charge in [-0.25, -0.2) is 0 Å². The van der Waals surface area contributed by atoms with Gasteiger partial charge in [0.2, 0.25) is 5.43 Å². The number of amides is 1. The van der Waals surface area contributed by atoms with Gasteiger partial charge in [-0.3, -0.25) is 9.59 Å². The van der Waals surface area contributed by atoms with Crippen LogP contribution in [0.5, 0.6) is 0 Å². The molecule has 1 heterocycles. The van der Waals surface area contributed by atoms with Crippen molar-refractivity contribution in [1.29, 1.82) is 0 Å². The first-order chi connectivity index (χ1) is 14.0. The van der Waals surface area contributed by atoms with Gasteiger partial charge in [0.05, 0.1) is 5.52 Å². The smallest absolute Gasteiger partial charge is 0.259 e. The summed E-state index contributed by atoms with van der Waals surface area (Å²) < 4.78 is 2.00. The summed E-state index contributed by atoms with van der Waals surface area (Å²) in [5.41, 5.74) is 2.00. The van der Waals surface area contributed by atoms with Gasteiger partial charge in [0.15, 0.2) is 0 Å². The van der Waals surface area contributed by atoms with E-state index >= 15 is 0 Å². The molecule has 3 rings (SSSR count). The standard InChI is InChI=1S/C24H28N2O2S/c1-4-29-15-14-18(2)25(3)24(28)21-17-26(16-19-10-6-5-7-11-19)22-13-9-8-12-20(22)23(21)27/h5-13,17-18H,4,14-16H2,1-3H3/t18-/m1/s1. The second-order valence-corrected chi connectivity index (χ2v) is 8.65. The first-order valence-electron chi connectivity index (χ1n) is 10.0. The van der Waals surface area contributed by atoms with Crippen LogP contribution in [-0.4, -0.2) is 40.0 Å². The van der Waals surface area contributed by atoms with Gasteiger partial charge >= 0.3 is 0 Å². The average molecular weight is 409 g/mol. The maximum atomic E-state index is 13.2. The molecule has 0 saturated carbocycles. The Morgan fingerprint density at radius 1 is 1.10 bits per heavy atom. The van der Waals surface area contributed by atoms with E-state index in [0.29, 0.717) is 11.9 Å². The SMILES string of the molecule is CCSCC[C@@H](C)N(C)C(=O)c1cn(Cc2ccccc2)c2ccccc2c1=O. The summed E-state index contributed by atoms with van der Waals surface area (Å²) >= 11 is 1.87. The van der Waals surface area contributed by atoms with Crippen molar-refractivity contribution >= 4 is 28.6 Å². The van der Waals surface area contributed by atoms with E-state index in [1.54, 1.807) is 24.2 Å². The van der Waals surface area contributed by atoms with Gasteiger partial charge in [-0.05, 0) is 42.5 Å². The molecule has 4 nitrogen and oxygen atoms in total. The fraction of sp³-hybridized carbons (Fsp3) is 0.333. The molecule has 0 unspecified atom stereocenters. The Kier molecular flexibility index (Phi) is 7.15. The third-order valence-electron chi connectivity index (χ3n) is 5.28. The van der Waals surface area contributed by atoms with E-state index < -0.39 is 0 Å². The van der Waals surface area contributed by atoms with Crippen LogP contribution in [0.4, 0.5) is 0 Å². The van der Waals surface area contributed by atoms with E-state index in [1.807, 2.05) is 71.8 Å². The lowest BCUT2D eigenvalue weighted by Crippen LogP contribution is -2.38. The second-order valence-electron chi connectivity index (χ2n) is 7.25. The van der Waals surface area contributed by atoms with E-state index in [0.717, 1.165) is 29.0 Å². The van der Waals surface area contributed by atoms with Gasteiger partial charge in [0.25, 0.3) is 5.91 Å². The first kappa shape index (κ1) is 21.2. The molecule has 1 aromatic heterocycles. The van der Waals surface area contributed by atoms with Crippen molar-refractivity contribution in [3.05, 3.63) is 82.1 Å². The summed E-state index contributed by atoms with van der Waals surface area (Å²) in [5.74, 6) is 1.86.